The molecule has 0 spiro atoms. The standard InChI is InChI=1S/C14H19NO5S/c16-9-10-7-11(8-10)15-21(17,18)13-4-1-3-12-14(13)20-6-2-5-19-12/h1,3-4,10-11,15-16H,2,5-9H2. The molecule has 0 bridgehead atoms. The lowest BCUT2D eigenvalue weighted by Crippen LogP contribution is -2.45. The van der Waals surface area contributed by atoms with Crippen molar-refractivity contribution in [1.29, 1.82) is 0 Å². The number of para-hydroxylation sites is 1. The van der Waals surface area contributed by atoms with Gasteiger partial charge in [-0.1, -0.05) is 6.07 Å². The van der Waals surface area contributed by atoms with Crippen molar-refractivity contribution < 1.29 is 23.0 Å². The number of aliphatic hydroxyl groups is 1. The number of fused-ring (bicyclic) bond motifs is 1. The van der Waals surface area contributed by atoms with E-state index in [9.17, 15) is 8.42 Å². The highest BCUT2D eigenvalue weighted by atomic mass is 32.2. The number of hydrogen-bond acceptors (Lipinski definition) is 5. The Morgan fingerprint density at radius 3 is 2.76 bits per heavy atom. The van der Waals surface area contributed by atoms with E-state index >= 15 is 0 Å². The van der Waals surface area contributed by atoms with E-state index in [0.29, 0.717) is 37.6 Å². The summed E-state index contributed by atoms with van der Waals surface area (Å²) in [5.41, 5.74) is 0. The van der Waals surface area contributed by atoms with E-state index in [0.717, 1.165) is 6.42 Å². The Kier molecular flexibility index (Phi) is 4.05. The second-order valence-electron chi connectivity index (χ2n) is 5.47. The van der Waals surface area contributed by atoms with Crippen molar-refractivity contribution in [3.63, 3.8) is 0 Å². The van der Waals surface area contributed by atoms with Crippen molar-refractivity contribution in [2.45, 2.75) is 30.2 Å². The maximum Gasteiger partial charge on any atom is 0.244 e. The number of rotatable bonds is 4. The topological polar surface area (TPSA) is 84.9 Å². The van der Waals surface area contributed by atoms with Crippen LogP contribution in [0.2, 0.25) is 0 Å². The molecule has 0 unspecified atom stereocenters. The summed E-state index contributed by atoms with van der Waals surface area (Å²) in [6, 6.07) is 4.78. The van der Waals surface area contributed by atoms with E-state index < -0.39 is 10.0 Å². The summed E-state index contributed by atoms with van der Waals surface area (Å²) in [5.74, 6) is 0.961. The number of sulfonamides is 1. The number of aliphatic hydroxyl groups excluding tert-OH is 1. The molecule has 1 aromatic carbocycles. The predicted octanol–water partition coefficient (Wildman–Crippen LogP) is 0.897. The van der Waals surface area contributed by atoms with Gasteiger partial charge in [-0.2, -0.15) is 0 Å². The van der Waals surface area contributed by atoms with Gasteiger partial charge in [-0.25, -0.2) is 13.1 Å². The molecule has 21 heavy (non-hydrogen) atoms. The van der Waals surface area contributed by atoms with Crippen molar-refractivity contribution in [3.05, 3.63) is 18.2 Å². The van der Waals surface area contributed by atoms with Crippen molar-refractivity contribution in [2.24, 2.45) is 5.92 Å². The molecule has 1 saturated carbocycles. The first kappa shape index (κ1) is 14.6. The molecule has 3 rings (SSSR count). The molecule has 7 heteroatoms. The molecular weight excluding hydrogens is 294 g/mol. The number of benzene rings is 1. The van der Waals surface area contributed by atoms with Crippen LogP contribution in [0.25, 0.3) is 0 Å². The fourth-order valence-corrected chi connectivity index (χ4v) is 4.06. The van der Waals surface area contributed by atoms with E-state index in [1.54, 1.807) is 12.1 Å². The maximum atomic E-state index is 12.5. The summed E-state index contributed by atoms with van der Waals surface area (Å²) in [5, 5.41) is 8.99. The summed E-state index contributed by atoms with van der Waals surface area (Å²) in [4.78, 5) is 0.120. The maximum absolute atomic E-state index is 12.5. The Bertz CT molecular complexity index is 610. The third-order valence-corrected chi connectivity index (χ3v) is 5.38. The molecule has 0 atom stereocenters. The average Bonchev–Trinajstić information content (AvgIpc) is 2.67. The molecule has 1 aromatic rings. The van der Waals surface area contributed by atoms with Gasteiger partial charge >= 0.3 is 0 Å². The molecule has 2 aliphatic rings. The highest BCUT2D eigenvalue weighted by Crippen LogP contribution is 2.37. The average molecular weight is 313 g/mol. The first-order chi connectivity index (χ1) is 10.1. The zero-order chi connectivity index (χ0) is 14.9. The summed E-state index contributed by atoms with van der Waals surface area (Å²) in [6.45, 7) is 1.07. The summed E-state index contributed by atoms with van der Waals surface area (Å²) >= 11 is 0. The van der Waals surface area contributed by atoms with Gasteiger partial charge in [0.1, 0.15) is 4.90 Å². The minimum Gasteiger partial charge on any atom is -0.490 e. The molecule has 116 valence electrons. The minimum absolute atomic E-state index is 0.107. The Morgan fingerprint density at radius 2 is 2.00 bits per heavy atom. The zero-order valence-corrected chi connectivity index (χ0v) is 12.4. The Labute approximate surface area is 124 Å². The molecule has 0 amide bonds. The Hall–Kier alpha value is -1.31. The molecule has 2 N–H and O–H groups in total. The van der Waals surface area contributed by atoms with Gasteiger partial charge in [-0.3, -0.25) is 0 Å². The summed E-state index contributed by atoms with van der Waals surface area (Å²) < 4.78 is 38.8. The van der Waals surface area contributed by atoms with Gasteiger partial charge in [-0.15, -0.1) is 0 Å². The molecule has 1 heterocycles. The predicted molar refractivity (Wildman–Crippen MR) is 76.0 cm³/mol. The first-order valence-corrected chi connectivity index (χ1v) is 8.60. The lowest BCUT2D eigenvalue weighted by Gasteiger charge is -2.34. The molecule has 1 aliphatic heterocycles. The summed E-state index contributed by atoms with van der Waals surface area (Å²) in [6.07, 6.45) is 2.06. The van der Waals surface area contributed by atoms with Crippen molar-refractivity contribution in [1.82, 2.24) is 4.72 Å². The second-order valence-corrected chi connectivity index (χ2v) is 7.15. The van der Waals surface area contributed by atoms with Crippen LogP contribution in [0, 0.1) is 5.92 Å². The van der Waals surface area contributed by atoms with Gasteiger partial charge < -0.3 is 14.6 Å². The number of nitrogens with one attached hydrogen (secondary N) is 1. The monoisotopic (exact) mass is 313 g/mol. The third-order valence-electron chi connectivity index (χ3n) is 3.84. The number of hydrogen-bond donors (Lipinski definition) is 2. The van der Waals surface area contributed by atoms with Crippen LogP contribution in [-0.2, 0) is 10.0 Å². The quantitative estimate of drug-likeness (QED) is 0.862. The van der Waals surface area contributed by atoms with Crippen molar-refractivity contribution in [3.8, 4) is 11.5 Å². The smallest absolute Gasteiger partial charge is 0.244 e. The zero-order valence-electron chi connectivity index (χ0n) is 11.6. The van der Waals surface area contributed by atoms with Crippen LogP contribution in [0.3, 0.4) is 0 Å². The minimum atomic E-state index is -3.65. The van der Waals surface area contributed by atoms with Crippen LogP contribution in [0.4, 0.5) is 0 Å². The fourth-order valence-electron chi connectivity index (χ4n) is 2.64. The van der Waals surface area contributed by atoms with Crippen LogP contribution in [0.5, 0.6) is 11.5 Å². The molecule has 1 aliphatic carbocycles. The SMILES string of the molecule is O=S(=O)(NC1CC(CO)C1)c1cccc2c1OCCCO2. The van der Waals surface area contributed by atoms with E-state index in [1.807, 2.05) is 0 Å². The van der Waals surface area contributed by atoms with Gasteiger partial charge in [-0.05, 0) is 30.9 Å². The second kappa shape index (κ2) is 5.82. The highest BCUT2D eigenvalue weighted by molar-refractivity contribution is 7.89. The normalized spacial score (nSPS) is 25.0. The van der Waals surface area contributed by atoms with Crippen molar-refractivity contribution in [2.75, 3.05) is 19.8 Å². The third kappa shape index (κ3) is 3.00. The molecule has 6 nitrogen and oxygen atoms in total. The fraction of sp³-hybridized carbons (Fsp3) is 0.571. The van der Waals surface area contributed by atoms with E-state index in [4.69, 9.17) is 14.6 Å². The van der Waals surface area contributed by atoms with E-state index in [2.05, 4.69) is 4.72 Å². The van der Waals surface area contributed by atoms with E-state index in [-0.39, 0.29) is 23.5 Å². The van der Waals surface area contributed by atoms with Gasteiger partial charge in [0.15, 0.2) is 11.5 Å². The first-order valence-electron chi connectivity index (χ1n) is 7.12. The van der Waals surface area contributed by atoms with Crippen LogP contribution < -0.4 is 14.2 Å². The molecule has 0 saturated heterocycles. The van der Waals surface area contributed by atoms with Crippen molar-refractivity contribution >= 4 is 10.0 Å². The molecule has 0 aromatic heterocycles. The Balaban J connectivity index is 1.82. The van der Waals surface area contributed by atoms with Crippen LogP contribution in [0.15, 0.2) is 23.1 Å². The van der Waals surface area contributed by atoms with Crippen LogP contribution >= 0.6 is 0 Å². The van der Waals surface area contributed by atoms with Gasteiger partial charge in [0.05, 0.1) is 13.2 Å². The van der Waals surface area contributed by atoms with Gasteiger partial charge in [0.25, 0.3) is 0 Å². The van der Waals surface area contributed by atoms with E-state index in [1.165, 1.54) is 6.07 Å². The molecule has 0 radical (unpaired) electrons. The Morgan fingerprint density at radius 1 is 1.24 bits per heavy atom. The highest BCUT2D eigenvalue weighted by Gasteiger charge is 2.34. The van der Waals surface area contributed by atoms with Crippen LogP contribution in [0.1, 0.15) is 19.3 Å². The lowest BCUT2D eigenvalue weighted by molar-refractivity contribution is 0.137. The molecule has 1 fully saturated rings. The number of ether oxygens (including phenoxy) is 2. The molecular formula is C14H19NO5S. The van der Waals surface area contributed by atoms with Crippen LogP contribution in [-0.4, -0.2) is 39.4 Å². The van der Waals surface area contributed by atoms with Gasteiger partial charge in [0.2, 0.25) is 10.0 Å². The van der Waals surface area contributed by atoms with Gasteiger partial charge in [0, 0.05) is 19.1 Å². The lowest BCUT2D eigenvalue weighted by atomic mass is 9.82. The summed E-state index contributed by atoms with van der Waals surface area (Å²) in [7, 11) is -3.65. The largest absolute Gasteiger partial charge is 0.490 e.